The van der Waals surface area contributed by atoms with Gasteiger partial charge in [-0.25, -0.2) is 4.79 Å². The Morgan fingerprint density at radius 1 is 1.47 bits per heavy atom. The first-order valence-corrected chi connectivity index (χ1v) is 5.87. The Kier molecular flexibility index (Phi) is 2.28. The van der Waals surface area contributed by atoms with E-state index < -0.39 is 5.54 Å². The standard InChI is InChI=1S/C12H10ClN3O/c13-11-10-8(3-1-4-9(10)15-16-11)12(14-7-17)5-2-6-12/h1,3-4H,2,5-6H2,(H,15,16). The van der Waals surface area contributed by atoms with Crippen LogP contribution in [0.4, 0.5) is 0 Å². The SMILES string of the molecule is O=C=NC1(c2cccc3n[nH]c(Cl)c23)CCC1. The minimum Gasteiger partial charge on any atom is -0.266 e. The normalized spacial score (nSPS) is 17.5. The van der Waals surface area contributed by atoms with Crippen molar-refractivity contribution in [1.29, 1.82) is 0 Å². The van der Waals surface area contributed by atoms with Crippen LogP contribution in [0.25, 0.3) is 10.9 Å². The van der Waals surface area contributed by atoms with Crippen molar-refractivity contribution in [2.75, 3.05) is 0 Å². The zero-order chi connectivity index (χ0) is 11.9. The molecule has 0 radical (unpaired) electrons. The van der Waals surface area contributed by atoms with Crippen molar-refractivity contribution >= 4 is 28.6 Å². The summed E-state index contributed by atoms with van der Waals surface area (Å²) < 4.78 is 0. The van der Waals surface area contributed by atoms with Gasteiger partial charge in [0, 0.05) is 5.39 Å². The number of nitrogens with one attached hydrogen (secondary N) is 1. The Morgan fingerprint density at radius 3 is 2.94 bits per heavy atom. The highest BCUT2D eigenvalue weighted by molar-refractivity contribution is 6.34. The molecule has 0 amide bonds. The molecule has 1 saturated carbocycles. The number of rotatable bonds is 2. The summed E-state index contributed by atoms with van der Waals surface area (Å²) in [7, 11) is 0. The molecule has 1 aromatic heterocycles. The minimum atomic E-state index is -0.436. The van der Waals surface area contributed by atoms with Crippen LogP contribution in [0.2, 0.25) is 5.15 Å². The lowest BCUT2D eigenvalue weighted by atomic mass is 9.71. The number of fused-ring (bicyclic) bond motifs is 1. The monoisotopic (exact) mass is 247 g/mol. The van der Waals surface area contributed by atoms with E-state index in [1.165, 1.54) is 0 Å². The number of aliphatic imine (C=N–C) groups is 1. The largest absolute Gasteiger partial charge is 0.266 e. The van der Waals surface area contributed by atoms with Gasteiger partial charge in [0.15, 0.2) is 0 Å². The average molecular weight is 248 g/mol. The van der Waals surface area contributed by atoms with E-state index in [0.717, 1.165) is 35.7 Å². The third-order valence-electron chi connectivity index (χ3n) is 3.48. The topological polar surface area (TPSA) is 58.1 Å². The first kappa shape index (κ1) is 10.5. The van der Waals surface area contributed by atoms with E-state index in [4.69, 9.17) is 11.6 Å². The molecule has 0 bridgehead atoms. The van der Waals surface area contributed by atoms with Gasteiger partial charge < -0.3 is 0 Å². The summed E-state index contributed by atoms with van der Waals surface area (Å²) in [6.45, 7) is 0. The lowest BCUT2D eigenvalue weighted by Crippen LogP contribution is -2.32. The average Bonchev–Trinajstić information content (AvgIpc) is 2.66. The Labute approximate surface area is 103 Å². The summed E-state index contributed by atoms with van der Waals surface area (Å²) >= 11 is 6.11. The molecule has 17 heavy (non-hydrogen) atoms. The quantitative estimate of drug-likeness (QED) is 0.655. The molecule has 1 fully saturated rings. The van der Waals surface area contributed by atoms with E-state index in [9.17, 15) is 4.79 Å². The van der Waals surface area contributed by atoms with Crippen LogP contribution >= 0.6 is 11.6 Å². The molecule has 5 heteroatoms. The number of benzene rings is 1. The van der Waals surface area contributed by atoms with Crippen molar-refractivity contribution in [1.82, 2.24) is 10.2 Å². The maximum atomic E-state index is 10.6. The molecule has 1 heterocycles. The van der Waals surface area contributed by atoms with Gasteiger partial charge in [0.1, 0.15) is 5.15 Å². The predicted molar refractivity (Wildman–Crippen MR) is 64.8 cm³/mol. The van der Waals surface area contributed by atoms with Gasteiger partial charge in [-0.2, -0.15) is 10.1 Å². The van der Waals surface area contributed by atoms with Crippen molar-refractivity contribution in [3.05, 3.63) is 28.9 Å². The van der Waals surface area contributed by atoms with Crippen LogP contribution < -0.4 is 0 Å². The second kappa shape index (κ2) is 3.69. The fourth-order valence-electron chi connectivity index (χ4n) is 2.46. The van der Waals surface area contributed by atoms with Crippen molar-refractivity contribution in [2.24, 2.45) is 4.99 Å². The zero-order valence-electron chi connectivity index (χ0n) is 9.03. The molecule has 86 valence electrons. The molecular weight excluding hydrogens is 238 g/mol. The van der Waals surface area contributed by atoms with Gasteiger partial charge in [-0.15, -0.1) is 0 Å². The highest BCUT2D eigenvalue weighted by Gasteiger charge is 2.40. The van der Waals surface area contributed by atoms with Gasteiger partial charge in [-0.1, -0.05) is 23.7 Å². The number of hydrogen-bond donors (Lipinski definition) is 1. The van der Waals surface area contributed by atoms with Crippen molar-refractivity contribution in [3.8, 4) is 0 Å². The van der Waals surface area contributed by atoms with Crippen LogP contribution in [0.3, 0.4) is 0 Å². The third-order valence-corrected chi connectivity index (χ3v) is 3.75. The molecule has 0 saturated heterocycles. The lowest BCUT2D eigenvalue weighted by Gasteiger charge is -2.37. The molecule has 2 aromatic rings. The molecule has 3 rings (SSSR count). The van der Waals surface area contributed by atoms with Crippen LogP contribution in [0, 0.1) is 0 Å². The van der Waals surface area contributed by atoms with Crippen LogP contribution in [0.5, 0.6) is 0 Å². The molecule has 0 spiro atoms. The van der Waals surface area contributed by atoms with E-state index in [2.05, 4.69) is 15.2 Å². The van der Waals surface area contributed by atoms with Gasteiger partial charge in [-0.3, -0.25) is 5.10 Å². The molecule has 1 N–H and O–H groups in total. The van der Waals surface area contributed by atoms with Gasteiger partial charge >= 0.3 is 0 Å². The molecule has 1 aliphatic rings. The smallest absolute Gasteiger partial charge is 0.235 e. The molecule has 1 aliphatic carbocycles. The number of halogens is 1. The van der Waals surface area contributed by atoms with Crippen molar-refractivity contribution in [3.63, 3.8) is 0 Å². The maximum absolute atomic E-state index is 10.6. The number of aromatic nitrogens is 2. The van der Waals surface area contributed by atoms with Gasteiger partial charge in [0.2, 0.25) is 6.08 Å². The minimum absolute atomic E-state index is 0.436. The van der Waals surface area contributed by atoms with Crippen LogP contribution in [-0.2, 0) is 10.3 Å². The van der Waals surface area contributed by atoms with Crippen LogP contribution in [-0.4, -0.2) is 16.3 Å². The summed E-state index contributed by atoms with van der Waals surface area (Å²) in [5.41, 5.74) is 1.35. The maximum Gasteiger partial charge on any atom is 0.235 e. The van der Waals surface area contributed by atoms with Crippen LogP contribution in [0.15, 0.2) is 23.2 Å². The highest BCUT2D eigenvalue weighted by Crippen LogP contribution is 2.47. The summed E-state index contributed by atoms with van der Waals surface area (Å²) in [6, 6.07) is 5.76. The van der Waals surface area contributed by atoms with E-state index >= 15 is 0 Å². The molecule has 0 unspecified atom stereocenters. The number of isocyanates is 1. The van der Waals surface area contributed by atoms with Gasteiger partial charge in [0.05, 0.1) is 11.1 Å². The Hall–Kier alpha value is -1.64. The van der Waals surface area contributed by atoms with Gasteiger partial charge in [0.25, 0.3) is 0 Å². The number of H-pyrrole nitrogens is 1. The van der Waals surface area contributed by atoms with Crippen molar-refractivity contribution in [2.45, 2.75) is 24.8 Å². The number of nitrogens with zero attached hydrogens (tertiary/aromatic N) is 2. The predicted octanol–water partition coefficient (Wildman–Crippen LogP) is 2.93. The fraction of sp³-hybridized carbons (Fsp3) is 0.333. The summed E-state index contributed by atoms with van der Waals surface area (Å²) in [4.78, 5) is 14.6. The van der Waals surface area contributed by atoms with E-state index in [1.807, 2.05) is 18.2 Å². The molecule has 0 atom stereocenters. The molecule has 1 aromatic carbocycles. The van der Waals surface area contributed by atoms with E-state index in [1.54, 1.807) is 6.08 Å². The molecule has 4 nitrogen and oxygen atoms in total. The molecule has 0 aliphatic heterocycles. The van der Waals surface area contributed by atoms with Gasteiger partial charge in [-0.05, 0) is 30.9 Å². The summed E-state index contributed by atoms with van der Waals surface area (Å²) in [6.07, 6.45) is 4.48. The number of hydrogen-bond acceptors (Lipinski definition) is 3. The summed E-state index contributed by atoms with van der Waals surface area (Å²) in [5, 5.41) is 8.24. The Balaban J connectivity index is 2.29. The first-order valence-electron chi connectivity index (χ1n) is 5.49. The Bertz CT molecular complexity index is 624. The highest BCUT2D eigenvalue weighted by atomic mass is 35.5. The first-order chi connectivity index (χ1) is 8.27. The number of aromatic amines is 1. The summed E-state index contributed by atoms with van der Waals surface area (Å²) in [5.74, 6) is 0. The number of carbonyl (C=O) groups excluding carboxylic acids is 1. The molecular formula is C12H10ClN3O. The fourth-order valence-corrected chi connectivity index (χ4v) is 2.70. The second-order valence-electron chi connectivity index (χ2n) is 4.33. The zero-order valence-corrected chi connectivity index (χ0v) is 9.79. The van der Waals surface area contributed by atoms with Crippen LogP contribution in [0.1, 0.15) is 24.8 Å². The second-order valence-corrected chi connectivity index (χ2v) is 4.70. The van der Waals surface area contributed by atoms with Crippen molar-refractivity contribution < 1.29 is 4.79 Å². The third kappa shape index (κ3) is 1.42. The van der Waals surface area contributed by atoms with E-state index in [0.29, 0.717) is 5.15 Å². The lowest BCUT2D eigenvalue weighted by molar-refractivity contribution is 0.258. The van der Waals surface area contributed by atoms with E-state index in [-0.39, 0.29) is 0 Å². The Morgan fingerprint density at radius 2 is 2.29 bits per heavy atom.